The van der Waals surface area contributed by atoms with Crippen LogP contribution in [-0.4, -0.2) is 24.4 Å². The van der Waals surface area contributed by atoms with Crippen molar-refractivity contribution in [2.75, 3.05) is 17.2 Å². The van der Waals surface area contributed by atoms with Crippen molar-refractivity contribution < 1.29 is 19.1 Å². The Morgan fingerprint density at radius 3 is 2.43 bits per heavy atom. The molecule has 0 heterocycles. The van der Waals surface area contributed by atoms with E-state index in [9.17, 15) is 14.4 Å². The lowest BCUT2D eigenvalue weighted by Gasteiger charge is -2.11. The minimum Gasteiger partial charge on any atom is -0.456 e. The predicted molar refractivity (Wildman–Crippen MR) is 122 cm³/mol. The van der Waals surface area contributed by atoms with E-state index in [-0.39, 0.29) is 18.7 Å². The van der Waals surface area contributed by atoms with Crippen LogP contribution in [0.5, 0.6) is 0 Å². The van der Waals surface area contributed by atoms with Gasteiger partial charge in [0.25, 0.3) is 5.91 Å². The van der Waals surface area contributed by atoms with Gasteiger partial charge < -0.3 is 15.4 Å². The van der Waals surface area contributed by atoms with Gasteiger partial charge in [-0.3, -0.25) is 14.4 Å². The van der Waals surface area contributed by atoms with E-state index in [0.717, 1.165) is 10.0 Å². The average molecular weight is 516 g/mol. The van der Waals surface area contributed by atoms with Gasteiger partial charge in [0, 0.05) is 33.7 Å². The van der Waals surface area contributed by atoms with Crippen molar-refractivity contribution >= 4 is 68.3 Å². The summed E-state index contributed by atoms with van der Waals surface area (Å²) in [6.07, 6.45) is 0.467. The van der Waals surface area contributed by atoms with Crippen molar-refractivity contribution in [3.8, 4) is 0 Å². The van der Waals surface area contributed by atoms with E-state index in [4.69, 9.17) is 27.9 Å². The topological polar surface area (TPSA) is 84.5 Å². The van der Waals surface area contributed by atoms with Crippen molar-refractivity contribution in [3.05, 3.63) is 56.0 Å². The Balaban J connectivity index is 1.69. The van der Waals surface area contributed by atoms with Crippen molar-refractivity contribution in [2.24, 2.45) is 0 Å². The summed E-state index contributed by atoms with van der Waals surface area (Å²) in [5.74, 6) is -1.26. The molecule has 0 fully saturated rings. The summed E-state index contributed by atoms with van der Waals surface area (Å²) in [5, 5.41) is 6.43. The summed E-state index contributed by atoms with van der Waals surface area (Å²) in [6.45, 7) is 3.22. The Kier molecular flexibility index (Phi) is 9.14. The van der Waals surface area contributed by atoms with E-state index >= 15 is 0 Å². The zero-order valence-corrected chi connectivity index (χ0v) is 19.6. The van der Waals surface area contributed by atoms with Crippen LogP contribution < -0.4 is 10.6 Å². The van der Waals surface area contributed by atoms with E-state index in [2.05, 4.69) is 26.6 Å². The minimum absolute atomic E-state index is 0.0263. The summed E-state index contributed by atoms with van der Waals surface area (Å²) >= 11 is 15.4. The number of carbonyl (C=O) groups excluding carboxylic acids is 3. The average Bonchev–Trinajstić information content (AvgIpc) is 2.69. The van der Waals surface area contributed by atoms with Crippen LogP contribution in [-0.2, 0) is 19.1 Å². The second-order valence-corrected chi connectivity index (χ2v) is 8.25. The number of halogens is 3. The van der Waals surface area contributed by atoms with Crippen LogP contribution in [0.25, 0.3) is 0 Å². The van der Waals surface area contributed by atoms with E-state index in [0.29, 0.717) is 33.4 Å². The van der Waals surface area contributed by atoms with Crippen LogP contribution in [0.2, 0.25) is 10.0 Å². The Labute approximate surface area is 193 Å². The molecule has 2 rings (SSSR count). The third kappa shape index (κ3) is 7.31. The van der Waals surface area contributed by atoms with Gasteiger partial charge >= 0.3 is 5.97 Å². The van der Waals surface area contributed by atoms with Crippen LogP contribution in [0.15, 0.2) is 34.8 Å². The van der Waals surface area contributed by atoms with Crippen molar-refractivity contribution in [1.29, 1.82) is 0 Å². The first-order valence-electron chi connectivity index (χ1n) is 9.13. The molecule has 0 spiro atoms. The second kappa shape index (κ2) is 11.3. The Morgan fingerprint density at radius 2 is 1.73 bits per heavy atom. The number of anilines is 2. The standard InChI is InChI=1S/C21H21BrCl2N2O4/c1-12-6-7-14(10-16(12)23)25-18(27)4-3-5-20(29)30-11-19(28)26-17-9-8-15(22)21(24)13(17)2/h6-10H,3-5,11H2,1-2H3,(H,25,27)(H,26,28). The number of benzene rings is 2. The fourth-order valence-corrected chi connectivity index (χ4v) is 3.25. The normalized spacial score (nSPS) is 10.4. The number of hydrogen-bond acceptors (Lipinski definition) is 4. The fraction of sp³-hybridized carbons (Fsp3) is 0.286. The molecule has 2 aromatic carbocycles. The molecular weight excluding hydrogens is 495 g/mol. The molecule has 0 bridgehead atoms. The molecule has 0 aliphatic carbocycles. The number of hydrogen-bond donors (Lipinski definition) is 2. The number of aryl methyl sites for hydroxylation is 1. The maximum atomic E-state index is 12.0. The number of esters is 1. The van der Waals surface area contributed by atoms with Gasteiger partial charge in [-0.1, -0.05) is 29.3 Å². The first kappa shape index (κ1) is 24.2. The lowest BCUT2D eigenvalue weighted by atomic mass is 10.2. The third-order valence-corrected chi connectivity index (χ3v) is 6.00. The van der Waals surface area contributed by atoms with Crippen LogP contribution in [0.1, 0.15) is 30.4 Å². The summed E-state index contributed by atoms with van der Waals surface area (Å²) in [4.78, 5) is 35.8. The maximum Gasteiger partial charge on any atom is 0.306 e. The molecule has 0 aliphatic heterocycles. The summed E-state index contributed by atoms with van der Waals surface area (Å²) in [6, 6.07) is 8.65. The van der Waals surface area contributed by atoms with E-state index < -0.39 is 18.5 Å². The second-order valence-electron chi connectivity index (χ2n) is 6.61. The number of amides is 2. The smallest absolute Gasteiger partial charge is 0.306 e. The molecule has 0 atom stereocenters. The molecule has 160 valence electrons. The molecule has 0 saturated heterocycles. The molecule has 2 N–H and O–H groups in total. The molecule has 0 radical (unpaired) electrons. The van der Waals surface area contributed by atoms with E-state index in [1.807, 2.05) is 13.0 Å². The minimum atomic E-state index is -0.554. The number of carbonyl (C=O) groups is 3. The van der Waals surface area contributed by atoms with Crippen LogP contribution in [0, 0.1) is 13.8 Å². The van der Waals surface area contributed by atoms with Gasteiger partial charge in [-0.25, -0.2) is 0 Å². The molecule has 6 nitrogen and oxygen atoms in total. The van der Waals surface area contributed by atoms with E-state index in [1.54, 1.807) is 31.2 Å². The SMILES string of the molecule is Cc1ccc(NC(=O)CCCC(=O)OCC(=O)Nc2ccc(Br)c(Cl)c2C)cc1Cl. The monoisotopic (exact) mass is 514 g/mol. The fourth-order valence-electron chi connectivity index (χ4n) is 2.48. The molecule has 9 heteroatoms. The molecule has 0 saturated carbocycles. The Bertz CT molecular complexity index is 966. The first-order chi connectivity index (χ1) is 14.2. The lowest BCUT2D eigenvalue weighted by molar-refractivity contribution is -0.147. The molecule has 2 aromatic rings. The van der Waals surface area contributed by atoms with Gasteiger partial charge in [-0.15, -0.1) is 0 Å². The van der Waals surface area contributed by atoms with Gasteiger partial charge in [-0.2, -0.15) is 0 Å². The maximum absolute atomic E-state index is 12.0. The molecule has 0 aliphatic rings. The van der Waals surface area contributed by atoms with Crippen molar-refractivity contribution in [3.63, 3.8) is 0 Å². The predicted octanol–water partition coefficient (Wildman–Crippen LogP) is 5.66. The van der Waals surface area contributed by atoms with Crippen LogP contribution in [0.3, 0.4) is 0 Å². The van der Waals surface area contributed by atoms with E-state index in [1.165, 1.54) is 0 Å². The van der Waals surface area contributed by atoms with Gasteiger partial charge in [0.15, 0.2) is 6.61 Å². The van der Waals surface area contributed by atoms with Crippen molar-refractivity contribution in [2.45, 2.75) is 33.1 Å². The molecule has 2 amide bonds. The molecule has 0 unspecified atom stereocenters. The largest absolute Gasteiger partial charge is 0.456 e. The van der Waals surface area contributed by atoms with Gasteiger partial charge in [0.05, 0.1) is 5.02 Å². The Morgan fingerprint density at radius 1 is 1.00 bits per heavy atom. The number of ether oxygens (including phenoxy) is 1. The lowest BCUT2D eigenvalue weighted by Crippen LogP contribution is -2.21. The molecule has 0 aromatic heterocycles. The van der Waals surface area contributed by atoms with Gasteiger partial charge in [0.2, 0.25) is 5.91 Å². The summed E-state index contributed by atoms with van der Waals surface area (Å²) in [7, 11) is 0. The zero-order valence-electron chi connectivity index (χ0n) is 16.5. The highest BCUT2D eigenvalue weighted by Gasteiger charge is 2.12. The van der Waals surface area contributed by atoms with Crippen LogP contribution in [0.4, 0.5) is 11.4 Å². The number of rotatable bonds is 8. The van der Waals surface area contributed by atoms with Gasteiger partial charge in [-0.05, 0) is 71.6 Å². The zero-order chi connectivity index (χ0) is 22.3. The number of nitrogens with one attached hydrogen (secondary N) is 2. The highest BCUT2D eigenvalue weighted by atomic mass is 79.9. The quantitative estimate of drug-likeness (QED) is 0.444. The Hall–Kier alpha value is -2.09. The first-order valence-corrected chi connectivity index (χ1v) is 10.7. The highest BCUT2D eigenvalue weighted by molar-refractivity contribution is 9.10. The molecular formula is C21H21BrCl2N2O4. The van der Waals surface area contributed by atoms with Gasteiger partial charge in [0.1, 0.15) is 0 Å². The van der Waals surface area contributed by atoms with Crippen LogP contribution >= 0.6 is 39.1 Å². The summed E-state index contributed by atoms with van der Waals surface area (Å²) < 4.78 is 5.68. The molecule has 30 heavy (non-hydrogen) atoms. The summed E-state index contributed by atoms with van der Waals surface area (Å²) in [5.41, 5.74) is 2.75. The highest BCUT2D eigenvalue weighted by Crippen LogP contribution is 2.30. The third-order valence-electron chi connectivity index (χ3n) is 4.22. The van der Waals surface area contributed by atoms with Crippen molar-refractivity contribution in [1.82, 2.24) is 0 Å².